The van der Waals surface area contributed by atoms with Crippen molar-refractivity contribution in [1.29, 1.82) is 0 Å². The summed E-state index contributed by atoms with van der Waals surface area (Å²) >= 11 is 4.01. The van der Waals surface area contributed by atoms with Crippen molar-refractivity contribution in [3.8, 4) is 0 Å². The third kappa shape index (κ3) is 1.04. The fourth-order valence-electron chi connectivity index (χ4n) is 0.629. The van der Waals surface area contributed by atoms with Crippen LogP contribution in [0.1, 0.15) is 6.92 Å². The van der Waals surface area contributed by atoms with Crippen LogP contribution < -0.4 is 0 Å². The van der Waals surface area contributed by atoms with Gasteiger partial charge in [-0.2, -0.15) is 12.6 Å². The van der Waals surface area contributed by atoms with Crippen molar-refractivity contribution in [3.63, 3.8) is 0 Å². The molecule has 0 bridgehead atoms. The number of hydrogen-bond donors (Lipinski definition) is 2. The number of cyclic esters (lactones) is 1. The van der Waals surface area contributed by atoms with Crippen molar-refractivity contribution in [2.24, 2.45) is 0 Å². The number of carbonyl (C=O) groups is 1. The number of esters is 1. The van der Waals surface area contributed by atoms with Crippen LogP contribution in [0, 0.1) is 0 Å². The van der Waals surface area contributed by atoms with Crippen LogP contribution in [0.15, 0.2) is 0 Å². The molecule has 0 amide bonds. The molecule has 52 valence electrons. The number of aliphatic hydroxyl groups excluding tert-OH is 1. The molecule has 0 aromatic carbocycles. The molecular formula is C5H8O3S. The van der Waals surface area contributed by atoms with Gasteiger partial charge in [0.25, 0.3) is 0 Å². The summed E-state index contributed by atoms with van der Waals surface area (Å²) in [7, 11) is 0. The van der Waals surface area contributed by atoms with Crippen molar-refractivity contribution in [2.45, 2.75) is 17.8 Å². The zero-order valence-corrected chi connectivity index (χ0v) is 5.89. The van der Waals surface area contributed by atoms with E-state index < -0.39 is 16.8 Å². The lowest BCUT2D eigenvalue weighted by Gasteiger charge is -2.14. The molecule has 1 aliphatic heterocycles. The lowest BCUT2D eigenvalue weighted by Crippen LogP contribution is -2.33. The van der Waals surface area contributed by atoms with Gasteiger partial charge < -0.3 is 9.84 Å². The minimum atomic E-state index is -1.07. The molecule has 0 aromatic heterocycles. The minimum Gasteiger partial charge on any atom is -0.462 e. The standard InChI is InChI=1S/C5H8O3S/c1-5(9)2-8-4(7)3(5)6/h3,6,9H,2H2,1H3/t3-,5?/m0/s1. The zero-order chi connectivity index (χ0) is 7.07. The maximum atomic E-state index is 10.5. The average Bonchev–Trinajstić information content (AvgIpc) is 1.97. The van der Waals surface area contributed by atoms with E-state index in [1.807, 2.05) is 0 Å². The van der Waals surface area contributed by atoms with Gasteiger partial charge in [-0.1, -0.05) is 0 Å². The van der Waals surface area contributed by atoms with E-state index in [0.717, 1.165) is 0 Å². The molecule has 0 aliphatic carbocycles. The van der Waals surface area contributed by atoms with Crippen LogP contribution in [-0.4, -0.2) is 28.5 Å². The third-order valence-electron chi connectivity index (χ3n) is 1.32. The second-order valence-electron chi connectivity index (χ2n) is 2.37. The van der Waals surface area contributed by atoms with Gasteiger partial charge in [-0.3, -0.25) is 0 Å². The van der Waals surface area contributed by atoms with Crippen molar-refractivity contribution in [1.82, 2.24) is 0 Å². The molecule has 2 atom stereocenters. The van der Waals surface area contributed by atoms with Gasteiger partial charge in [0, 0.05) is 0 Å². The fourth-order valence-corrected chi connectivity index (χ4v) is 0.799. The first-order valence-electron chi connectivity index (χ1n) is 2.61. The van der Waals surface area contributed by atoms with Gasteiger partial charge in [-0.15, -0.1) is 0 Å². The highest BCUT2D eigenvalue weighted by Gasteiger charge is 2.43. The Balaban J connectivity index is 2.73. The molecule has 0 aromatic rings. The lowest BCUT2D eigenvalue weighted by atomic mass is 10.1. The molecule has 9 heavy (non-hydrogen) atoms. The van der Waals surface area contributed by atoms with Crippen LogP contribution in [0.3, 0.4) is 0 Å². The maximum Gasteiger partial charge on any atom is 0.336 e. The van der Waals surface area contributed by atoms with E-state index in [2.05, 4.69) is 17.4 Å². The maximum absolute atomic E-state index is 10.5. The first kappa shape index (κ1) is 6.89. The van der Waals surface area contributed by atoms with E-state index in [-0.39, 0.29) is 6.61 Å². The molecule has 1 unspecified atom stereocenters. The van der Waals surface area contributed by atoms with Gasteiger partial charge in [-0.05, 0) is 6.92 Å². The Kier molecular flexibility index (Phi) is 1.44. The van der Waals surface area contributed by atoms with Crippen LogP contribution in [0.2, 0.25) is 0 Å². The lowest BCUT2D eigenvalue weighted by molar-refractivity contribution is -0.144. The normalized spacial score (nSPS) is 43.0. The number of hydrogen-bond acceptors (Lipinski definition) is 4. The van der Waals surface area contributed by atoms with Gasteiger partial charge in [0.15, 0.2) is 6.10 Å². The summed E-state index contributed by atoms with van der Waals surface area (Å²) in [6.07, 6.45) is -1.07. The Morgan fingerprint density at radius 3 is 2.67 bits per heavy atom. The molecule has 0 saturated carbocycles. The molecule has 4 heteroatoms. The summed E-state index contributed by atoms with van der Waals surface area (Å²) in [6.45, 7) is 1.85. The van der Waals surface area contributed by atoms with E-state index in [0.29, 0.717) is 0 Å². The van der Waals surface area contributed by atoms with Crippen LogP contribution in [0.25, 0.3) is 0 Å². The van der Waals surface area contributed by atoms with E-state index in [4.69, 9.17) is 5.11 Å². The molecule has 3 nitrogen and oxygen atoms in total. The topological polar surface area (TPSA) is 46.5 Å². The molecule has 1 aliphatic rings. The highest BCUT2D eigenvalue weighted by atomic mass is 32.1. The van der Waals surface area contributed by atoms with E-state index in [1.54, 1.807) is 6.92 Å². The van der Waals surface area contributed by atoms with Gasteiger partial charge in [0.05, 0.1) is 4.75 Å². The smallest absolute Gasteiger partial charge is 0.336 e. The first-order chi connectivity index (χ1) is 4.04. The average molecular weight is 148 g/mol. The van der Waals surface area contributed by atoms with Crippen molar-refractivity contribution < 1.29 is 14.6 Å². The molecule has 0 spiro atoms. The molecular weight excluding hydrogens is 140 g/mol. The monoisotopic (exact) mass is 148 g/mol. The molecule has 1 rings (SSSR count). The predicted octanol–water partition coefficient (Wildman–Crippen LogP) is -0.407. The van der Waals surface area contributed by atoms with Gasteiger partial charge >= 0.3 is 5.97 Å². The van der Waals surface area contributed by atoms with Crippen LogP contribution in [0.4, 0.5) is 0 Å². The van der Waals surface area contributed by atoms with Gasteiger partial charge in [0.1, 0.15) is 6.61 Å². The van der Waals surface area contributed by atoms with Crippen molar-refractivity contribution in [3.05, 3.63) is 0 Å². The number of thiol groups is 1. The highest BCUT2D eigenvalue weighted by Crippen LogP contribution is 2.25. The van der Waals surface area contributed by atoms with Crippen LogP contribution in [0.5, 0.6) is 0 Å². The molecule has 1 fully saturated rings. The number of carbonyl (C=O) groups excluding carboxylic acids is 1. The third-order valence-corrected chi connectivity index (χ3v) is 1.69. The molecule has 0 radical (unpaired) electrons. The Bertz CT molecular complexity index is 143. The quantitative estimate of drug-likeness (QED) is 0.363. The van der Waals surface area contributed by atoms with Gasteiger partial charge in [-0.25, -0.2) is 4.79 Å². The predicted molar refractivity (Wildman–Crippen MR) is 34.4 cm³/mol. The second-order valence-corrected chi connectivity index (χ2v) is 3.39. The van der Waals surface area contributed by atoms with Crippen LogP contribution >= 0.6 is 12.6 Å². The highest BCUT2D eigenvalue weighted by molar-refractivity contribution is 7.82. The Morgan fingerprint density at radius 1 is 2.00 bits per heavy atom. The first-order valence-corrected chi connectivity index (χ1v) is 3.06. The summed E-state index contributed by atoms with van der Waals surface area (Å²) in [4.78, 5) is 10.5. The number of aliphatic hydroxyl groups is 1. The second kappa shape index (κ2) is 1.88. The van der Waals surface area contributed by atoms with Crippen molar-refractivity contribution in [2.75, 3.05) is 6.61 Å². The van der Waals surface area contributed by atoms with Gasteiger partial charge in [0.2, 0.25) is 0 Å². The van der Waals surface area contributed by atoms with E-state index >= 15 is 0 Å². The SMILES string of the molecule is CC1(S)COC(=O)[C@@H]1O. The van der Waals surface area contributed by atoms with Crippen LogP contribution in [-0.2, 0) is 9.53 Å². The molecule has 1 saturated heterocycles. The fraction of sp³-hybridized carbons (Fsp3) is 0.800. The molecule has 1 heterocycles. The summed E-state index contributed by atoms with van der Waals surface area (Å²) in [5.74, 6) is -0.576. The summed E-state index contributed by atoms with van der Waals surface area (Å²) < 4.78 is 3.82. The summed E-state index contributed by atoms with van der Waals surface area (Å²) in [5.41, 5.74) is 0. The number of ether oxygens (including phenoxy) is 1. The largest absolute Gasteiger partial charge is 0.462 e. The Hall–Kier alpha value is -0.220. The summed E-state index contributed by atoms with van der Waals surface area (Å²) in [5, 5.41) is 8.97. The van der Waals surface area contributed by atoms with Crippen molar-refractivity contribution >= 4 is 18.6 Å². The Morgan fingerprint density at radius 2 is 2.56 bits per heavy atom. The molecule has 1 N–H and O–H groups in total. The Labute approximate surface area is 58.4 Å². The number of rotatable bonds is 0. The van der Waals surface area contributed by atoms with E-state index in [1.165, 1.54) is 0 Å². The van der Waals surface area contributed by atoms with E-state index in [9.17, 15) is 4.79 Å². The zero-order valence-electron chi connectivity index (χ0n) is 5.00. The minimum absolute atomic E-state index is 0.191. The summed E-state index contributed by atoms with van der Waals surface area (Å²) in [6, 6.07) is 0.